The van der Waals surface area contributed by atoms with Gasteiger partial charge in [-0.15, -0.1) is 11.3 Å². The number of rotatable bonds is 9. The molecule has 1 aromatic heterocycles. The number of alkyl halides is 5. The lowest BCUT2D eigenvalue weighted by Crippen LogP contribution is -2.46. The summed E-state index contributed by atoms with van der Waals surface area (Å²) in [6.45, 7) is -0.0844. The van der Waals surface area contributed by atoms with Crippen LogP contribution in [0.3, 0.4) is 0 Å². The quantitative estimate of drug-likeness (QED) is 0.180. The Hall–Kier alpha value is -2.93. The second-order valence-electron chi connectivity index (χ2n) is 8.76. The van der Waals surface area contributed by atoms with Gasteiger partial charge >= 0.3 is 0 Å². The fraction of sp³-hybridized carbons (Fsp3) is 0.385. The van der Waals surface area contributed by atoms with Gasteiger partial charge in [-0.05, 0) is 37.7 Å². The average Bonchev–Trinajstić information content (AvgIpc) is 3.27. The largest absolute Gasteiger partial charge is 0.461 e. The summed E-state index contributed by atoms with van der Waals surface area (Å²) in [4.78, 5) is 2.04. The number of ether oxygens (including phenoxy) is 1. The van der Waals surface area contributed by atoms with Gasteiger partial charge in [-0.3, -0.25) is 4.57 Å². The van der Waals surface area contributed by atoms with Crippen molar-refractivity contribution in [2.45, 2.75) is 31.2 Å². The maximum atomic E-state index is 14.8. The van der Waals surface area contributed by atoms with Crippen LogP contribution in [-0.4, -0.2) is 57.1 Å². The number of hydrogen-bond donors (Lipinski definition) is 2. The molecule has 12 heteroatoms. The first-order valence-corrected chi connectivity index (χ1v) is 13.4. The number of benzene rings is 2. The third-order valence-corrected chi connectivity index (χ3v) is 7.85. The van der Waals surface area contributed by atoms with Crippen LogP contribution in [0.15, 0.2) is 36.4 Å². The molecule has 2 aromatic carbocycles. The molecule has 4 rings (SSSR count). The number of nitrogens with one attached hydrogen (secondary N) is 2. The van der Waals surface area contributed by atoms with Crippen LogP contribution in [-0.2, 0) is 4.57 Å². The topological polar surface area (TPSA) is 53.6 Å². The summed E-state index contributed by atoms with van der Waals surface area (Å²) in [7, 11) is 1.59. The molecule has 0 bridgehead atoms. The van der Waals surface area contributed by atoms with Gasteiger partial charge in [0, 0.05) is 29.3 Å². The summed E-state index contributed by atoms with van der Waals surface area (Å²) in [5.74, 6) is 5.72. The van der Waals surface area contributed by atoms with Crippen molar-refractivity contribution in [3.63, 3.8) is 0 Å². The van der Waals surface area contributed by atoms with Gasteiger partial charge in [-0.2, -0.15) is 0 Å². The monoisotopic (exact) mass is 569 g/mol. The molecule has 1 aliphatic heterocycles. The predicted octanol–water partition coefficient (Wildman–Crippen LogP) is 6.32. The van der Waals surface area contributed by atoms with Crippen molar-refractivity contribution in [3.8, 4) is 17.6 Å². The van der Waals surface area contributed by atoms with Gasteiger partial charge in [-0.25, -0.2) is 22.0 Å². The first-order chi connectivity index (χ1) is 18.3. The number of halogens is 5. The van der Waals surface area contributed by atoms with Crippen LogP contribution in [0.5, 0.6) is 5.75 Å². The Morgan fingerprint density at radius 2 is 2.05 bits per heavy atom. The molecule has 0 amide bonds. The van der Waals surface area contributed by atoms with E-state index in [1.54, 1.807) is 30.3 Å². The lowest BCUT2D eigenvalue weighted by molar-refractivity contribution is 0.0504. The zero-order valence-corrected chi connectivity index (χ0v) is 22.0. The third-order valence-electron chi connectivity index (χ3n) is 6.19. The zero-order chi connectivity index (χ0) is 27.2. The molecule has 2 N–H and O–H groups in total. The summed E-state index contributed by atoms with van der Waals surface area (Å²) < 4.78 is 85.6. The first-order valence-electron chi connectivity index (χ1n) is 11.8. The van der Waals surface area contributed by atoms with Crippen LogP contribution in [0, 0.1) is 11.8 Å². The van der Waals surface area contributed by atoms with Crippen molar-refractivity contribution in [1.82, 2.24) is 4.90 Å². The highest BCUT2D eigenvalue weighted by atomic mass is 32.1. The van der Waals surface area contributed by atoms with Gasteiger partial charge in [-0.1, -0.05) is 24.0 Å². The number of anilines is 2. The second kappa shape index (κ2) is 12.7. The lowest BCUT2D eigenvalue weighted by Gasteiger charge is -2.33. The van der Waals surface area contributed by atoms with E-state index < -0.39 is 31.7 Å². The molecular formula is C26H25F5N3O2PS. The van der Waals surface area contributed by atoms with Crippen molar-refractivity contribution in [2.24, 2.45) is 0 Å². The number of likely N-dealkylation sites (tertiary alicyclic amines) is 1. The molecule has 38 heavy (non-hydrogen) atoms. The molecule has 0 spiro atoms. The molecule has 0 radical (unpaired) electrons. The van der Waals surface area contributed by atoms with Crippen molar-refractivity contribution >= 4 is 46.6 Å². The normalized spacial score (nSPS) is 18.8. The molecule has 5 nitrogen and oxygen atoms in total. The van der Waals surface area contributed by atoms with Gasteiger partial charge in [0.05, 0.1) is 33.5 Å². The number of thiophene rings is 1. The molecule has 1 fully saturated rings. The summed E-state index contributed by atoms with van der Waals surface area (Å²) in [5.41, 5.74) is 0.739. The maximum absolute atomic E-state index is 14.8. The highest BCUT2D eigenvalue weighted by molar-refractivity contribution is 7.34. The molecule has 3 unspecified atom stereocenters. The molecule has 0 saturated carbocycles. The van der Waals surface area contributed by atoms with Crippen molar-refractivity contribution < 1.29 is 31.3 Å². The fourth-order valence-electron chi connectivity index (χ4n) is 4.32. The molecule has 1 saturated heterocycles. The van der Waals surface area contributed by atoms with Gasteiger partial charge in [0.15, 0.2) is 14.6 Å². The highest BCUT2D eigenvalue weighted by Gasteiger charge is 2.31. The molecule has 202 valence electrons. The van der Waals surface area contributed by atoms with Gasteiger partial charge in [0.25, 0.3) is 6.43 Å². The van der Waals surface area contributed by atoms with Crippen LogP contribution >= 0.6 is 19.8 Å². The van der Waals surface area contributed by atoms with Gasteiger partial charge in [0.2, 0.25) is 6.86 Å². The lowest BCUT2D eigenvalue weighted by atomic mass is 10.0. The minimum absolute atomic E-state index is 0.0145. The number of piperidine rings is 1. The Bertz CT molecular complexity index is 1350. The van der Waals surface area contributed by atoms with Gasteiger partial charge in [0.1, 0.15) is 11.9 Å². The predicted molar refractivity (Wildman–Crippen MR) is 142 cm³/mol. The molecule has 3 aromatic rings. The Morgan fingerprint density at radius 3 is 2.76 bits per heavy atom. The third kappa shape index (κ3) is 6.37. The van der Waals surface area contributed by atoms with E-state index >= 15 is 0 Å². The van der Waals surface area contributed by atoms with Gasteiger partial charge < -0.3 is 20.3 Å². The van der Waals surface area contributed by atoms with Crippen molar-refractivity contribution in [2.75, 3.05) is 44.2 Å². The van der Waals surface area contributed by atoms with E-state index in [9.17, 15) is 26.5 Å². The maximum Gasteiger partial charge on any atom is 0.273 e. The van der Waals surface area contributed by atoms with Crippen molar-refractivity contribution in [3.05, 3.63) is 46.8 Å². The van der Waals surface area contributed by atoms with Crippen molar-refractivity contribution in [1.29, 1.82) is 0 Å². The van der Waals surface area contributed by atoms with Crippen LogP contribution in [0.25, 0.3) is 10.1 Å². The summed E-state index contributed by atoms with van der Waals surface area (Å²) in [6, 6.07) is 8.96. The first kappa shape index (κ1) is 28.1. The van der Waals surface area contributed by atoms with E-state index in [0.717, 1.165) is 11.3 Å². The Balaban J connectivity index is 1.62. The standard InChI is InChI=1S/C26H25F5N3O2PS/c1-34-11-9-18(17(28)13-34)33-20-5-2-4-16-23(24(29)26(30)31)22(38-25(16)20)6-3-10-32-19-8-7-15(37-35)12-21(19)36-14-27/h2,4-5,7-8,12,17-18,24,26,32-33H,9-11,13-14H2,1H3. The molecule has 3 atom stereocenters. The van der Waals surface area contributed by atoms with E-state index in [2.05, 4.69) is 22.5 Å². The number of fused-ring (bicyclic) bond motifs is 1. The Morgan fingerprint density at radius 1 is 1.24 bits per heavy atom. The number of nitrogens with zero attached hydrogens (tertiary/aromatic N) is 1. The minimum atomic E-state index is -3.24. The summed E-state index contributed by atoms with van der Waals surface area (Å²) in [5, 5.41) is 6.82. The van der Waals surface area contributed by atoms with Crippen LogP contribution in [0.1, 0.15) is 23.0 Å². The van der Waals surface area contributed by atoms with E-state index in [1.165, 1.54) is 6.07 Å². The molecular weight excluding hydrogens is 544 g/mol. The molecule has 2 heterocycles. The van der Waals surface area contributed by atoms with E-state index in [4.69, 9.17) is 4.74 Å². The zero-order valence-electron chi connectivity index (χ0n) is 20.3. The SMILES string of the molecule is CN1CCC(Nc2cccc3c(C(F)C(F)F)c(C#CCNc4ccc(P=O)cc4OCF)sc23)C(F)C1. The van der Waals surface area contributed by atoms with Crippen LogP contribution < -0.4 is 20.7 Å². The molecule has 1 aliphatic rings. The fourth-order valence-corrected chi connectivity index (χ4v) is 5.81. The highest BCUT2D eigenvalue weighted by Crippen LogP contribution is 2.42. The van der Waals surface area contributed by atoms with E-state index in [1.807, 2.05) is 11.9 Å². The van der Waals surface area contributed by atoms with Crippen LogP contribution in [0.2, 0.25) is 0 Å². The minimum Gasteiger partial charge on any atom is -0.461 e. The summed E-state index contributed by atoms with van der Waals surface area (Å²) >= 11 is 1.07. The summed E-state index contributed by atoms with van der Waals surface area (Å²) in [6.07, 6.45) is -6.34. The molecule has 0 aliphatic carbocycles. The number of hydrogen-bond acceptors (Lipinski definition) is 6. The van der Waals surface area contributed by atoms with E-state index in [0.29, 0.717) is 39.7 Å². The second-order valence-corrected chi connectivity index (χ2v) is 10.5. The smallest absolute Gasteiger partial charge is 0.273 e. The van der Waals surface area contributed by atoms with E-state index in [-0.39, 0.29) is 37.7 Å². The average molecular weight is 570 g/mol. The Kier molecular flexibility index (Phi) is 9.42. The Labute approximate surface area is 222 Å². The van der Waals surface area contributed by atoms with Crippen LogP contribution in [0.4, 0.5) is 33.3 Å².